The summed E-state index contributed by atoms with van der Waals surface area (Å²) in [4.78, 5) is 12.4. The Hall–Kier alpha value is -2.10. The third-order valence-electron chi connectivity index (χ3n) is 3.27. The molecule has 4 nitrogen and oxygen atoms in total. The molecule has 1 heterocycles. The highest BCUT2D eigenvalue weighted by atomic mass is 16.1. The third kappa shape index (κ3) is 2.84. The van der Waals surface area contributed by atoms with E-state index in [1.165, 1.54) is 5.56 Å². The maximum Gasteiger partial charge on any atom is 0.252 e. The second-order valence-electron chi connectivity index (χ2n) is 5.00. The van der Waals surface area contributed by atoms with Crippen LogP contribution in [-0.2, 0) is 0 Å². The maximum atomic E-state index is 12.4. The van der Waals surface area contributed by atoms with E-state index in [1.807, 2.05) is 39.8 Å². The number of H-pyrrole nitrogens is 1. The van der Waals surface area contributed by atoms with Crippen LogP contribution in [0.1, 0.15) is 45.6 Å². The first kappa shape index (κ1) is 13.3. The van der Waals surface area contributed by atoms with Crippen molar-refractivity contribution >= 4 is 5.91 Å². The summed E-state index contributed by atoms with van der Waals surface area (Å²) in [7, 11) is 0. The Labute approximate surface area is 113 Å². The number of aryl methyl sites for hydroxylation is 3. The van der Waals surface area contributed by atoms with Crippen molar-refractivity contribution in [3.63, 3.8) is 0 Å². The number of nitrogens with one attached hydrogen (secondary N) is 2. The van der Waals surface area contributed by atoms with Crippen molar-refractivity contribution < 1.29 is 4.79 Å². The van der Waals surface area contributed by atoms with Crippen molar-refractivity contribution in [3.8, 4) is 0 Å². The molecule has 19 heavy (non-hydrogen) atoms. The number of nitrogens with zero attached hydrogens (tertiary/aromatic N) is 1. The van der Waals surface area contributed by atoms with Gasteiger partial charge in [-0.3, -0.25) is 9.89 Å². The summed E-state index contributed by atoms with van der Waals surface area (Å²) < 4.78 is 0. The van der Waals surface area contributed by atoms with E-state index in [-0.39, 0.29) is 11.9 Å². The lowest BCUT2D eigenvalue weighted by Crippen LogP contribution is -2.27. The van der Waals surface area contributed by atoms with E-state index in [0.717, 1.165) is 22.3 Å². The van der Waals surface area contributed by atoms with Crippen LogP contribution in [0.4, 0.5) is 0 Å². The molecule has 0 fully saturated rings. The zero-order valence-corrected chi connectivity index (χ0v) is 11.7. The van der Waals surface area contributed by atoms with Gasteiger partial charge in [0.15, 0.2) is 0 Å². The Morgan fingerprint density at radius 3 is 2.42 bits per heavy atom. The number of carbonyl (C=O) groups is 1. The molecule has 0 aliphatic rings. The van der Waals surface area contributed by atoms with Crippen molar-refractivity contribution in [2.75, 3.05) is 0 Å². The molecule has 0 radical (unpaired) electrons. The van der Waals surface area contributed by atoms with Gasteiger partial charge in [0.25, 0.3) is 5.91 Å². The van der Waals surface area contributed by atoms with Crippen molar-refractivity contribution in [2.24, 2.45) is 0 Å². The van der Waals surface area contributed by atoms with Crippen molar-refractivity contribution in [1.82, 2.24) is 15.5 Å². The van der Waals surface area contributed by atoms with E-state index in [1.54, 1.807) is 12.4 Å². The molecule has 2 rings (SSSR count). The van der Waals surface area contributed by atoms with Crippen LogP contribution < -0.4 is 5.32 Å². The Balaban J connectivity index is 2.21. The Morgan fingerprint density at radius 1 is 1.26 bits per heavy atom. The molecule has 0 saturated heterocycles. The lowest BCUT2D eigenvalue weighted by Gasteiger charge is -2.15. The molecule has 1 unspecified atom stereocenters. The van der Waals surface area contributed by atoms with Gasteiger partial charge in [0.1, 0.15) is 0 Å². The number of rotatable bonds is 3. The minimum absolute atomic E-state index is 0.0382. The third-order valence-corrected chi connectivity index (χ3v) is 3.27. The summed E-state index contributed by atoms with van der Waals surface area (Å²) in [6.07, 6.45) is 3.51. The number of benzene rings is 1. The van der Waals surface area contributed by atoms with E-state index < -0.39 is 0 Å². The summed E-state index contributed by atoms with van der Waals surface area (Å²) in [5, 5.41) is 9.65. The molecular weight excluding hydrogens is 238 g/mol. The number of aromatic nitrogens is 2. The minimum Gasteiger partial charge on any atom is -0.345 e. The minimum atomic E-state index is -0.0636. The monoisotopic (exact) mass is 257 g/mol. The first-order valence-electron chi connectivity index (χ1n) is 6.36. The summed E-state index contributed by atoms with van der Waals surface area (Å²) in [6.45, 7) is 7.92. The van der Waals surface area contributed by atoms with Gasteiger partial charge in [0.05, 0.1) is 12.2 Å². The lowest BCUT2D eigenvalue weighted by molar-refractivity contribution is 0.0938. The smallest absolute Gasteiger partial charge is 0.252 e. The standard InChI is InChI=1S/C15H19N3O/c1-9-5-10(2)14(11(3)6-9)15(19)18-12(4)13-7-16-17-8-13/h5-8,12H,1-4H3,(H,16,17)(H,18,19). The Bertz CT molecular complexity index is 564. The summed E-state index contributed by atoms with van der Waals surface area (Å²) >= 11 is 0. The highest BCUT2D eigenvalue weighted by Crippen LogP contribution is 2.18. The molecule has 1 amide bonds. The average molecular weight is 257 g/mol. The fourth-order valence-electron chi connectivity index (χ4n) is 2.39. The highest BCUT2D eigenvalue weighted by Gasteiger charge is 2.16. The Kier molecular flexibility index (Phi) is 3.69. The van der Waals surface area contributed by atoms with Gasteiger partial charge < -0.3 is 5.32 Å². The zero-order valence-electron chi connectivity index (χ0n) is 11.7. The van der Waals surface area contributed by atoms with Crippen LogP contribution in [0, 0.1) is 20.8 Å². The molecule has 1 atom stereocenters. The summed E-state index contributed by atoms with van der Waals surface area (Å²) in [5.74, 6) is -0.0382. The molecule has 0 aliphatic carbocycles. The van der Waals surface area contributed by atoms with Gasteiger partial charge in [-0.05, 0) is 38.8 Å². The van der Waals surface area contributed by atoms with E-state index in [4.69, 9.17) is 0 Å². The van der Waals surface area contributed by atoms with Crippen LogP contribution in [0.5, 0.6) is 0 Å². The molecule has 1 aromatic heterocycles. The predicted molar refractivity (Wildman–Crippen MR) is 75.1 cm³/mol. The topological polar surface area (TPSA) is 57.8 Å². The van der Waals surface area contributed by atoms with Crippen molar-refractivity contribution in [3.05, 3.63) is 52.3 Å². The molecule has 100 valence electrons. The number of hydrogen-bond donors (Lipinski definition) is 2. The Morgan fingerprint density at radius 2 is 1.89 bits per heavy atom. The van der Waals surface area contributed by atoms with Crippen LogP contribution in [0.15, 0.2) is 24.5 Å². The van der Waals surface area contributed by atoms with E-state index in [9.17, 15) is 4.79 Å². The second-order valence-corrected chi connectivity index (χ2v) is 5.00. The van der Waals surface area contributed by atoms with Gasteiger partial charge in [0, 0.05) is 17.3 Å². The first-order chi connectivity index (χ1) is 8.99. The maximum absolute atomic E-state index is 12.4. The average Bonchev–Trinajstić information content (AvgIpc) is 2.80. The van der Waals surface area contributed by atoms with Crippen molar-refractivity contribution in [1.29, 1.82) is 0 Å². The van der Waals surface area contributed by atoms with Crippen LogP contribution >= 0.6 is 0 Å². The van der Waals surface area contributed by atoms with Crippen LogP contribution in [0.25, 0.3) is 0 Å². The largest absolute Gasteiger partial charge is 0.345 e. The fourth-order valence-corrected chi connectivity index (χ4v) is 2.39. The molecule has 4 heteroatoms. The van der Waals surface area contributed by atoms with E-state index in [0.29, 0.717) is 0 Å². The van der Waals surface area contributed by atoms with Gasteiger partial charge in [-0.2, -0.15) is 5.10 Å². The SMILES string of the molecule is Cc1cc(C)c(C(=O)NC(C)c2cn[nH]c2)c(C)c1. The van der Waals surface area contributed by atoms with Gasteiger partial charge in [-0.15, -0.1) is 0 Å². The second kappa shape index (κ2) is 5.26. The molecule has 0 bridgehead atoms. The fraction of sp³-hybridized carbons (Fsp3) is 0.333. The molecule has 0 spiro atoms. The van der Waals surface area contributed by atoms with E-state index >= 15 is 0 Å². The number of carbonyl (C=O) groups excluding carboxylic acids is 1. The summed E-state index contributed by atoms with van der Waals surface area (Å²) in [6, 6.07) is 4.00. The van der Waals surface area contributed by atoms with Gasteiger partial charge in [-0.1, -0.05) is 17.7 Å². The molecule has 2 aromatic rings. The van der Waals surface area contributed by atoms with Gasteiger partial charge >= 0.3 is 0 Å². The molecular formula is C15H19N3O. The zero-order chi connectivity index (χ0) is 14.0. The summed E-state index contributed by atoms with van der Waals surface area (Å²) in [5.41, 5.74) is 4.93. The molecule has 0 aliphatic heterocycles. The van der Waals surface area contributed by atoms with E-state index in [2.05, 4.69) is 15.5 Å². The molecule has 0 saturated carbocycles. The molecule has 1 aromatic carbocycles. The lowest BCUT2D eigenvalue weighted by atomic mass is 9.99. The number of amides is 1. The van der Waals surface area contributed by atoms with Crippen LogP contribution in [0.3, 0.4) is 0 Å². The van der Waals surface area contributed by atoms with Crippen molar-refractivity contribution in [2.45, 2.75) is 33.7 Å². The first-order valence-corrected chi connectivity index (χ1v) is 6.36. The van der Waals surface area contributed by atoms with Crippen LogP contribution in [0.2, 0.25) is 0 Å². The van der Waals surface area contributed by atoms with Gasteiger partial charge in [-0.25, -0.2) is 0 Å². The number of hydrogen-bond acceptors (Lipinski definition) is 2. The predicted octanol–water partition coefficient (Wildman–Crippen LogP) is 2.83. The normalized spacial score (nSPS) is 12.2. The van der Waals surface area contributed by atoms with Gasteiger partial charge in [0.2, 0.25) is 0 Å². The highest BCUT2D eigenvalue weighted by molar-refractivity contribution is 5.97. The quantitative estimate of drug-likeness (QED) is 0.888. The van der Waals surface area contributed by atoms with Crippen LogP contribution in [-0.4, -0.2) is 16.1 Å². The number of aromatic amines is 1. The molecule has 2 N–H and O–H groups in total.